The Morgan fingerprint density at radius 1 is 0.500 bits per heavy atom. The molecule has 2 heteroatoms. The van der Waals surface area contributed by atoms with Crippen LogP contribution in [-0.2, 0) is 0 Å². The zero-order valence-electron chi connectivity index (χ0n) is 16.3. The average Bonchev–Trinajstić information content (AvgIpc) is 3.33. The van der Waals surface area contributed by atoms with Crippen LogP contribution in [0.25, 0.3) is 60.1 Å². The normalized spacial score (nSPS) is 12.0. The number of hydrogen-bond acceptors (Lipinski definition) is 0. The Morgan fingerprint density at radius 2 is 1.27 bits per heavy atom. The molecule has 2 heterocycles. The van der Waals surface area contributed by atoms with Crippen molar-refractivity contribution < 1.29 is 0 Å². The van der Waals surface area contributed by atoms with Crippen LogP contribution in [0.3, 0.4) is 0 Å². The maximum Gasteiger partial charge on any atom is 0.0562 e. The van der Waals surface area contributed by atoms with Crippen molar-refractivity contribution in [2.24, 2.45) is 0 Å². The Labute approximate surface area is 173 Å². The highest BCUT2D eigenvalue weighted by atomic mass is 15.0. The highest BCUT2D eigenvalue weighted by Gasteiger charge is 2.16. The van der Waals surface area contributed by atoms with E-state index < -0.39 is 0 Å². The van der Waals surface area contributed by atoms with Gasteiger partial charge in [0.15, 0.2) is 0 Å². The van der Waals surface area contributed by atoms with Gasteiger partial charge in [0.1, 0.15) is 0 Å². The van der Waals surface area contributed by atoms with E-state index >= 15 is 0 Å². The van der Waals surface area contributed by atoms with Crippen LogP contribution < -0.4 is 0 Å². The molecular weight excluding hydrogens is 364 g/mol. The standard InChI is InChI=1S/C28H18N2/c1-2-9-19(10-3-1)30-26-15-14-18-8-4-5-11-20(18)28(26)23-16-22-21-12-6-7-13-24(21)29-25(22)17-27(23)30/h1-17,29H. The summed E-state index contributed by atoms with van der Waals surface area (Å²) in [6.07, 6.45) is 0. The number of benzene rings is 5. The monoisotopic (exact) mass is 382 g/mol. The Hall–Kier alpha value is -4.04. The summed E-state index contributed by atoms with van der Waals surface area (Å²) in [5.74, 6) is 0. The SMILES string of the molecule is c1ccc(-n2c3cc4[nH]c5ccccc5c4cc3c3c4ccccc4ccc32)cc1. The van der Waals surface area contributed by atoms with Crippen molar-refractivity contribution in [1.29, 1.82) is 0 Å². The maximum absolute atomic E-state index is 3.62. The van der Waals surface area contributed by atoms with Gasteiger partial charge in [-0.2, -0.15) is 0 Å². The highest BCUT2D eigenvalue weighted by Crippen LogP contribution is 2.39. The van der Waals surface area contributed by atoms with E-state index in [1.807, 2.05) is 0 Å². The number of H-pyrrole nitrogens is 1. The first-order valence-electron chi connectivity index (χ1n) is 10.3. The summed E-state index contributed by atoms with van der Waals surface area (Å²) in [6, 6.07) is 37.1. The molecule has 0 aliphatic carbocycles. The average molecular weight is 382 g/mol. The van der Waals surface area contributed by atoms with Crippen molar-refractivity contribution in [1.82, 2.24) is 9.55 Å². The van der Waals surface area contributed by atoms with Gasteiger partial charge in [0.05, 0.1) is 11.0 Å². The summed E-state index contributed by atoms with van der Waals surface area (Å²) >= 11 is 0. The zero-order valence-corrected chi connectivity index (χ0v) is 16.3. The highest BCUT2D eigenvalue weighted by molar-refractivity contribution is 6.24. The number of nitrogens with one attached hydrogen (secondary N) is 1. The van der Waals surface area contributed by atoms with E-state index in [1.165, 1.54) is 60.1 Å². The van der Waals surface area contributed by atoms with Gasteiger partial charge in [0.25, 0.3) is 0 Å². The fraction of sp³-hybridized carbons (Fsp3) is 0. The van der Waals surface area contributed by atoms with Crippen molar-refractivity contribution in [3.8, 4) is 5.69 Å². The molecule has 7 aromatic rings. The molecule has 2 nitrogen and oxygen atoms in total. The molecule has 5 aromatic carbocycles. The van der Waals surface area contributed by atoms with Crippen LogP contribution in [0.15, 0.2) is 103 Å². The summed E-state index contributed by atoms with van der Waals surface area (Å²) in [4.78, 5) is 3.62. The zero-order chi connectivity index (χ0) is 19.7. The van der Waals surface area contributed by atoms with Gasteiger partial charge in [-0.05, 0) is 47.2 Å². The van der Waals surface area contributed by atoms with Gasteiger partial charge in [-0.15, -0.1) is 0 Å². The summed E-state index contributed by atoms with van der Waals surface area (Å²) in [7, 11) is 0. The van der Waals surface area contributed by atoms with E-state index in [0.29, 0.717) is 0 Å². The van der Waals surface area contributed by atoms with Gasteiger partial charge >= 0.3 is 0 Å². The quantitative estimate of drug-likeness (QED) is 0.302. The lowest BCUT2D eigenvalue weighted by Gasteiger charge is -2.08. The van der Waals surface area contributed by atoms with Crippen LogP contribution >= 0.6 is 0 Å². The molecule has 0 saturated heterocycles. The van der Waals surface area contributed by atoms with Crippen LogP contribution in [0.1, 0.15) is 0 Å². The molecule has 0 amide bonds. The minimum absolute atomic E-state index is 1.17. The molecule has 7 rings (SSSR count). The van der Waals surface area contributed by atoms with Crippen molar-refractivity contribution in [2.45, 2.75) is 0 Å². The lowest BCUT2D eigenvalue weighted by Crippen LogP contribution is -1.93. The summed E-state index contributed by atoms with van der Waals surface area (Å²) in [6.45, 7) is 0. The number of aromatic amines is 1. The number of hydrogen-bond donors (Lipinski definition) is 1. The molecule has 0 aliphatic heterocycles. The molecule has 0 saturated carbocycles. The molecule has 0 atom stereocenters. The molecule has 0 fully saturated rings. The minimum atomic E-state index is 1.17. The summed E-state index contributed by atoms with van der Waals surface area (Å²) < 4.78 is 2.39. The topological polar surface area (TPSA) is 20.7 Å². The van der Waals surface area contributed by atoms with Gasteiger partial charge in [-0.3, -0.25) is 0 Å². The lowest BCUT2D eigenvalue weighted by molar-refractivity contribution is 1.18. The second kappa shape index (κ2) is 5.74. The van der Waals surface area contributed by atoms with E-state index in [1.54, 1.807) is 0 Å². The Balaban J connectivity index is 1.77. The van der Waals surface area contributed by atoms with E-state index in [2.05, 4.69) is 113 Å². The third-order valence-corrected chi connectivity index (χ3v) is 6.29. The molecule has 0 bridgehead atoms. The molecule has 30 heavy (non-hydrogen) atoms. The first-order chi connectivity index (χ1) is 14.9. The fourth-order valence-electron chi connectivity index (χ4n) is 4.99. The molecule has 0 radical (unpaired) electrons. The predicted molar refractivity (Wildman–Crippen MR) is 128 cm³/mol. The second-order valence-electron chi connectivity index (χ2n) is 7.94. The molecule has 140 valence electrons. The van der Waals surface area contributed by atoms with Crippen LogP contribution in [0.4, 0.5) is 0 Å². The van der Waals surface area contributed by atoms with Crippen molar-refractivity contribution in [2.75, 3.05) is 0 Å². The third kappa shape index (κ3) is 2.03. The van der Waals surface area contributed by atoms with Crippen molar-refractivity contribution in [3.05, 3.63) is 103 Å². The molecule has 0 spiro atoms. The number of fused-ring (bicyclic) bond motifs is 8. The number of rotatable bonds is 1. The van der Waals surface area contributed by atoms with Gasteiger partial charge in [0, 0.05) is 38.3 Å². The van der Waals surface area contributed by atoms with E-state index in [0.717, 1.165) is 0 Å². The Morgan fingerprint density at radius 3 is 2.17 bits per heavy atom. The third-order valence-electron chi connectivity index (χ3n) is 6.29. The molecule has 0 unspecified atom stereocenters. The maximum atomic E-state index is 3.62. The smallest absolute Gasteiger partial charge is 0.0562 e. The molecular formula is C28H18N2. The molecule has 0 aliphatic rings. The van der Waals surface area contributed by atoms with Crippen LogP contribution in [-0.4, -0.2) is 9.55 Å². The van der Waals surface area contributed by atoms with Gasteiger partial charge < -0.3 is 9.55 Å². The minimum Gasteiger partial charge on any atom is -0.354 e. The first kappa shape index (κ1) is 15.8. The van der Waals surface area contributed by atoms with Crippen LogP contribution in [0.5, 0.6) is 0 Å². The van der Waals surface area contributed by atoms with E-state index in [4.69, 9.17) is 0 Å². The van der Waals surface area contributed by atoms with Gasteiger partial charge in [-0.1, -0.05) is 66.7 Å². The first-order valence-corrected chi connectivity index (χ1v) is 10.3. The van der Waals surface area contributed by atoms with E-state index in [9.17, 15) is 0 Å². The summed E-state index contributed by atoms with van der Waals surface area (Å²) in [5, 5.41) is 7.74. The summed E-state index contributed by atoms with van der Waals surface area (Å²) in [5.41, 5.74) is 6.01. The lowest BCUT2D eigenvalue weighted by atomic mass is 10.0. The fourth-order valence-corrected chi connectivity index (χ4v) is 4.99. The number of nitrogens with zero attached hydrogens (tertiary/aromatic N) is 1. The van der Waals surface area contributed by atoms with Gasteiger partial charge in [0.2, 0.25) is 0 Å². The number of aromatic nitrogens is 2. The van der Waals surface area contributed by atoms with Gasteiger partial charge in [-0.25, -0.2) is 0 Å². The van der Waals surface area contributed by atoms with Crippen molar-refractivity contribution >= 4 is 54.4 Å². The van der Waals surface area contributed by atoms with Crippen LogP contribution in [0, 0.1) is 0 Å². The van der Waals surface area contributed by atoms with Crippen LogP contribution in [0.2, 0.25) is 0 Å². The van der Waals surface area contributed by atoms with Crippen molar-refractivity contribution in [3.63, 3.8) is 0 Å². The van der Waals surface area contributed by atoms with E-state index in [-0.39, 0.29) is 0 Å². The Bertz CT molecular complexity index is 1730. The molecule has 2 aromatic heterocycles. The predicted octanol–water partition coefficient (Wildman–Crippen LogP) is 7.57. The number of para-hydroxylation sites is 2. The Kier molecular flexibility index (Phi) is 3.03. The second-order valence-corrected chi connectivity index (χ2v) is 7.94. The largest absolute Gasteiger partial charge is 0.354 e. The molecule has 1 N–H and O–H groups in total.